The summed E-state index contributed by atoms with van der Waals surface area (Å²) in [5, 5.41) is 14.8. The van der Waals surface area contributed by atoms with Crippen LogP contribution in [0.1, 0.15) is 22.5 Å². The number of halogens is 2. The molecule has 0 saturated carbocycles. The van der Waals surface area contributed by atoms with Crippen LogP contribution >= 0.6 is 11.6 Å². The molecular weight excluding hydrogens is 359 g/mol. The van der Waals surface area contributed by atoms with Crippen LogP contribution in [0.25, 0.3) is 0 Å². The van der Waals surface area contributed by atoms with Gasteiger partial charge in [0.25, 0.3) is 5.56 Å². The first kappa shape index (κ1) is 16.7. The van der Waals surface area contributed by atoms with E-state index in [1.807, 2.05) is 16.5 Å². The first-order chi connectivity index (χ1) is 12.5. The second-order valence-electron chi connectivity index (χ2n) is 6.28. The van der Waals surface area contributed by atoms with E-state index < -0.39 is 5.56 Å². The molecule has 2 aromatic heterocycles. The number of H-pyrrole nitrogens is 1. The van der Waals surface area contributed by atoms with Crippen LogP contribution in [-0.4, -0.2) is 31.7 Å². The van der Waals surface area contributed by atoms with Crippen LogP contribution in [0.15, 0.2) is 29.2 Å². The van der Waals surface area contributed by atoms with Crippen molar-refractivity contribution in [1.29, 1.82) is 0 Å². The predicted molar refractivity (Wildman–Crippen MR) is 94.9 cm³/mol. The molecule has 0 aliphatic carbocycles. The molecule has 4 rings (SSSR count). The minimum absolute atomic E-state index is 0.123. The van der Waals surface area contributed by atoms with Crippen molar-refractivity contribution in [3.63, 3.8) is 0 Å². The number of hydrogen-bond donors (Lipinski definition) is 1. The highest BCUT2D eigenvalue weighted by Gasteiger charge is 2.24. The highest BCUT2D eigenvalue weighted by Crippen LogP contribution is 2.27. The molecule has 0 bridgehead atoms. The van der Waals surface area contributed by atoms with E-state index in [4.69, 9.17) is 11.6 Å². The van der Waals surface area contributed by atoms with Gasteiger partial charge in [-0.1, -0.05) is 22.9 Å². The summed E-state index contributed by atoms with van der Waals surface area (Å²) in [5.41, 5.74) is 3.94. The predicted octanol–water partition coefficient (Wildman–Crippen LogP) is 2.07. The average molecular weight is 375 g/mol. The number of nitrogens with zero attached hydrogens (tertiary/aromatic N) is 5. The lowest BCUT2D eigenvalue weighted by atomic mass is 10.1. The maximum Gasteiger partial charge on any atom is 0.285 e. The Labute approximate surface area is 153 Å². The maximum absolute atomic E-state index is 13.3. The Morgan fingerprint density at radius 3 is 3.04 bits per heavy atom. The van der Waals surface area contributed by atoms with Crippen molar-refractivity contribution in [2.75, 3.05) is 11.4 Å². The molecule has 7 nitrogen and oxygen atoms in total. The summed E-state index contributed by atoms with van der Waals surface area (Å²) in [7, 11) is 0. The van der Waals surface area contributed by atoms with E-state index in [1.54, 1.807) is 12.3 Å². The Kier molecular flexibility index (Phi) is 4.20. The van der Waals surface area contributed by atoms with Crippen molar-refractivity contribution in [3.8, 4) is 0 Å². The van der Waals surface area contributed by atoms with Gasteiger partial charge in [-0.05, 0) is 30.2 Å². The topological polar surface area (TPSA) is 79.7 Å². The third-order valence-electron chi connectivity index (χ3n) is 4.62. The number of anilines is 1. The molecule has 1 aromatic carbocycles. The van der Waals surface area contributed by atoms with E-state index in [2.05, 4.69) is 20.5 Å². The minimum Gasteiger partial charge on any atom is -0.362 e. The van der Waals surface area contributed by atoms with Crippen molar-refractivity contribution in [2.24, 2.45) is 0 Å². The molecule has 3 heterocycles. The molecule has 0 fully saturated rings. The smallest absolute Gasteiger partial charge is 0.285 e. The van der Waals surface area contributed by atoms with E-state index in [1.165, 1.54) is 12.1 Å². The molecule has 26 heavy (non-hydrogen) atoms. The molecule has 0 atom stereocenters. The lowest BCUT2D eigenvalue weighted by Crippen LogP contribution is -2.32. The van der Waals surface area contributed by atoms with Crippen molar-refractivity contribution in [3.05, 3.63) is 68.1 Å². The number of aryl methyl sites for hydroxylation is 1. The molecule has 1 N–H and O–H groups in total. The Morgan fingerprint density at radius 1 is 1.38 bits per heavy atom. The van der Waals surface area contributed by atoms with Crippen LogP contribution in [0.5, 0.6) is 0 Å². The van der Waals surface area contributed by atoms with Crippen LogP contribution in [0.4, 0.5) is 10.1 Å². The van der Waals surface area contributed by atoms with Gasteiger partial charge in [0, 0.05) is 13.0 Å². The van der Waals surface area contributed by atoms with Crippen LogP contribution in [-0.2, 0) is 19.5 Å². The number of aromatic nitrogens is 5. The molecule has 0 amide bonds. The Morgan fingerprint density at radius 2 is 2.23 bits per heavy atom. The molecule has 134 valence electrons. The van der Waals surface area contributed by atoms with Crippen LogP contribution in [0.3, 0.4) is 0 Å². The van der Waals surface area contributed by atoms with Crippen molar-refractivity contribution in [1.82, 2.24) is 25.2 Å². The van der Waals surface area contributed by atoms with E-state index in [0.717, 1.165) is 22.5 Å². The van der Waals surface area contributed by atoms with Crippen molar-refractivity contribution >= 4 is 17.3 Å². The number of aromatic amines is 1. The third-order valence-corrected chi connectivity index (χ3v) is 4.99. The fraction of sp³-hybridized carbons (Fsp3) is 0.294. The number of hydrogen-bond acceptors (Lipinski definition) is 5. The summed E-state index contributed by atoms with van der Waals surface area (Å²) in [5.74, 6) is -0.245. The first-order valence-electron chi connectivity index (χ1n) is 8.17. The van der Waals surface area contributed by atoms with Crippen LogP contribution in [0.2, 0.25) is 5.02 Å². The average Bonchev–Trinajstić information content (AvgIpc) is 3.02. The van der Waals surface area contributed by atoms with Gasteiger partial charge < -0.3 is 4.90 Å². The quantitative estimate of drug-likeness (QED) is 0.759. The monoisotopic (exact) mass is 374 g/mol. The highest BCUT2D eigenvalue weighted by molar-refractivity contribution is 6.32. The SMILES string of the molecule is Cc1cc(F)ccc1Cn1nnc2c1CCN(c1cn[nH]c(=O)c1Cl)C2. The van der Waals surface area contributed by atoms with Crippen LogP contribution in [0, 0.1) is 12.7 Å². The molecule has 3 aromatic rings. The van der Waals surface area contributed by atoms with Gasteiger partial charge in [0.15, 0.2) is 0 Å². The zero-order valence-electron chi connectivity index (χ0n) is 14.0. The van der Waals surface area contributed by atoms with Gasteiger partial charge in [-0.15, -0.1) is 5.10 Å². The van der Waals surface area contributed by atoms with Gasteiger partial charge >= 0.3 is 0 Å². The third kappa shape index (κ3) is 2.96. The molecule has 0 saturated heterocycles. The van der Waals surface area contributed by atoms with Gasteiger partial charge in [-0.2, -0.15) is 5.10 Å². The number of benzene rings is 1. The second kappa shape index (κ2) is 6.53. The second-order valence-corrected chi connectivity index (χ2v) is 6.66. The van der Waals surface area contributed by atoms with Crippen molar-refractivity contribution < 1.29 is 4.39 Å². The summed E-state index contributed by atoms with van der Waals surface area (Å²) < 4.78 is 15.1. The maximum atomic E-state index is 13.3. The molecule has 1 aliphatic heterocycles. The minimum atomic E-state index is -0.412. The van der Waals surface area contributed by atoms with E-state index in [9.17, 15) is 9.18 Å². The molecule has 0 unspecified atom stereocenters. The molecule has 0 radical (unpaired) electrons. The number of rotatable bonds is 3. The largest absolute Gasteiger partial charge is 0.362 e. The Hall–Kier alpha value is -2.74. The zero-order chi connectivity index (χ0) is 18.3. The number of nitrogens with one attached hydrogen (secondary N) is 1. The Balaban J connectivity index is 1.59. The van der Waals surface area contributed by atoms with Crippen molar-refractivity contribution in [2.45, 2.75) is 26.4 Å². The number of fused-ring (bicyclic) bond motifs is 1. The molecule has 9 heteroatoms. The fourth-order valence-corrected chi connectivity index (χ4v) is 3.40. The summed E-state index contributed by atoms with van der Waals surface area (Å²) in [6.45, 7) is 3.60. The van der Waals surface area contributed by atoms with E-state index in [-0.39, 0.29) is 10.8 Å². The summed E-state index contributed by atoms with van der Waals surface area (Å²) in [4.78, 5) is 13.6. The summed E-state index contributed by atoms with van der Waals surface area (Å²) in [6.07, 6.45) is 2.26. The van der Waals surface area contributed by atoms with Gasteiger partial charge in [0.1, 0.15) is 16.5 Å². The molecule has 1 aliphatic rings. The van der Waals surface area contributed by atoms with Gasteiger partial charge in [-0.3, -0.25) is 4.79 Å². The van der Waals surface area contributed by atoms with Crippen LogP contribution < -0.4 is 10.5 Å². The van der Waals surface area contributed by atoms with Gasteiger partial charge in [0.2, 0.25) is 0 Å². The lowest BCUT2D eigenvalue weighted by molar-refractivity contribution is 0.599. The normalized spacial score (nSPS) is 13.7. The van der Waals surface area contributed by atoms with Gasteiger partial charge in [-0.25, -0.2) is 14.2 Å². The zero-order valence-corrected chi connectivity index (χ0v) is 14.8. The van der Waals surface area contributed by atoms with E-state index >= 15 is 0 Å². The lowest BCUT2D eigenvalue weighted by Gasteiger charge is -2.28. The fourth-order valence-electron chi connectivity index (χ4n) is 3.19. The standard InChI is InChI=1S/C17H16ClFN6O/c1-10-6-12(19)3-2-11(10)8-25-14-4-5-24(9-13(14)21-23-25)15-7-20-22-17(26)16(15)18/h2-3,6-7H,4-5,8-9H2,1H3,(H,22,26). The Bertz CT molecular complexity index is 1030. The molecular formula is C17H16ClFN6O. The highest BCUT2D eigenvalue weighted by atomic mass is 35.5. The molecule has 0 spiro atoms. The van der Waals surface area contributed by atoms with E-state index in [0.29, 0.717) is 31.7 Å². The summed E-state index contributed by atoms with van der Waals surface area (Å²) >= 11 is 6.10. The van der Waals surface area contributed by atoms with Gasteiger partial charge in [0.05, 0.1) is 30.7 Å². The first-order valence-corrected chi connectivity index (χ1v) is 8.55. The summed E-state index contributed by atoms with van der Waals surface area (Å²) in [6, 6.07) is 4.74.